The molecule has 1 aromatic heterocycles. The van der Waals surface area contributed by atoms with Crippen LogP contribution in [-0.4, -0.2) is 16.0 Å². The Kier molecular flexibility index (Phi) is 4.76. The molecule has 2 aromatic rings. The van der Waals surface area contributed by atoms with Crippen LogP contribution < -0.4 is 0 Å². The van der Waals surface area contributed by atoms with E-state index in [0.29, 0.717) is 15.7 Å². The molecule has 0 unspecified atom stereocenters. The zero-order valence-electron chi connectivity index (χ0n) is 11.7. The van der Waals surface area contributed by atoms with Gasteiger partial charge in [0.15, 0.2) is 0 Å². The number of aliphatic imine (C=N–C) groups is 1. The molecule has 1 aliphatic rings. The van der Waals surface area contributed by atoms with Gasteiger partial charge in [-0.1, -0.05) is 42.0 Å². The summed E-state index contributed by atoms with van der Waals surface area (Å²) in [5.74, 6) is 2.07. The van der Waals surface area contributed by atoms with Crippen molar-refractivity contribution in [1.82, 2.24) is 0 Å². The molecular weight excluding hydrogens is 338 g/mol. The second kappa shape index (κ2) is 6.77. The molecule has 0 aliphatic carbocycles. The minimum absolute atomic E-state index is 0.203. The first-order chi connectivity index (χ1) is 10.7. The van der Waals surface area contributed by atoms with E-state index in [1.54, 1.807) is 17.8 Å². The van der Waals surface area contributed by atoms with Gasteiger partial charge in [-0.3, -0.25) is 4.79 Å². The number of benzene rings is 1. The molecule has 1 aliphatic heterocycles. The van der Waals surface area contributed by atoms with E-state index in [1.165, 1.54) is 11.8 Å². The lowest BCUT2D eigenvalue weighted by molar-refractivity contribution is -0.113. The number of carbonyl (C=O) groups excluding carboxylic acids is 1. The van der Waals surface area contributed by atoms with Crippen LogP contribution in [0.2, 0.25) is 5.02 Å². The number of furan rings is 1. The molecule has 22 heavy (non-hydrogen) atoms. The maximum absolute atomic E-state index is 11.8. The predicted octanol–water partition coefficient (Wildman–Crippen LogP) is 5.32. The number of hydrogen-bond donors (Lipinski definition) is 0. The minimum atomic E-state index is -0.203. The van der Waals surface area contributed by atoms with E-state index in [1.807, 2.05) is 43.3 Å². The standard InChI is InChI=1S/C16H12ClNO2S2/c1-2-21-16-18-15(19)14(22-16)9-12-7-8-13(20-12)10-3-5-11(17)6-4-10/h3-9H,2H2,1H3/b14-9-. The Balaban J connectivity index is 1.79. The van der Waals surface area contributed by atoms with Crippen molar-refractivity contribution in [3.05, 3.63) is 52.1 Å². The highest BCUT2D eigenvalue weighted by molar-refractivity contribution is 8.41. The molecule has 112 valence electrons. The molecule has 1 aromatic carbocycles. The fourth-order valence-electron chi connectivity index (χ4n) is 1.90. The van der Waals surface area contributed by atoms with E-state index in [0.717, 1.165) is 21.5 Å². The molecule has 0 saturated heterocycles. The Bertz CT molecular complexity index is 763. The fourth-order valence-corrected chi connectivity index (χ4v) is 3.91. The van der Waals surface area contributed by atoms with Gasteiger partial charge in [0, 0.05) is 16.7 Å². The topological polar surface area (TPSA) is 42.6 Å². The molecule has 6 heteroatoms. The van der Waals surface area contributed by atoms with Gasteiger partial charge in [0.25, 0.3) is 5.91 Å². The molecule has 0 spiro atoms. The minimum Gasteiger partial charge on any atom is -0.457 e. The summed E-state index contributed by atoms with van der Waals surface area (Å²) >= 11 is 8.84. The van der Waals surface area contributed by atoms with Crippen molar-refractivity contribution in [1.29, 1.82) is 0 Å². The second-order valence-electron chi connectivity index (χ2n) is 4.44. The highest BCUT2D eigenvalue weighted by Gasteiger charge is 2.22. The van der Waals surface area contributed by atoms with Gasteiger partial charge in [-0.05, 0) is 42.2 Å². The Morgan fingerprint density at radius 3 is 2.77 bits per heavy atom. The van der Waals surface area contributed by atoms with E-state index in [4.69, 9.17) is 16.0 Å². The van der Waals surface area contributed by atoms with Gasteiger partial charge < -0.3 is 4.42 Å². The summed E-state index contributed by atoms with van der Waals surface area (Å²) in [4.78, 5) is 16.4. The summed E-state index contributed by atoms with van der Waals surface area (Å²) in [5, 5.41) is 0.684. The van der Waals surface area contributed by atoms with Crippen LogP contribution in [0.1, 0.15) is 12.7 Å². The van der Waals surface area contributed by atoms with Gasteiger partial charge in [0.1, 0.15) is 15.9 Å². The van der Waals surface area contributed by atoms with Crippen LogP contribution in [0, 0.1) is 0 Å². The highest BCUT2D eigenvalue weighted by Crippen LogP contribution is 2.34. The number of rotatable bonds is 3. The second-order valence-corrected chi connectivity index (χ2v) is 7.41. The van der Waals surface area contributed by atoms with Crippen molar-refractivity contribution < 1.29 is 9.21 Å². The summed E-state index contributed by atoms with van der Waals surface area (Å²) in [6.45, 7) is 2.03. The van der Waals surface area contributed by atoms with Crippen LogP contribution in [-0.2, 0) is 4.79 Å². The van der Waals surface area contributed by atoms with Gasteiger partial charge in [0.05, 0.1) is 4.91 Å². The van der Waals surface area contributed by atoms with Crippen LogP contribution >= 0.6 is 35.1 Å². The Morgan fingerprint density at radius 2 is 2.05 bits per heavy atom. The first-order valence-corrected chi connectivity index (χ1v) is 8.85. The zero-order valence-corrected chi connectivity index (χ0v) is 14.1. The van der Waals surface area contributed by atoms with Crippen LogP contribution in [0.3, 0.4) is 0 Å². The third-order valence-corrected chi connectivity index (χ3v) is 5.16. The molecule has 3 rings (SSSR count). The van der Waals surface area contributed by atoms with E-state index >= 15 is 0 Å². The predicted molar refractivity (Wildman–Crippen MR) is 95.3 cm³/mol. The van der Waals surface area contributed by atoms with Crippen LogP contribution in [0.5, 0.6) is 0 Å². The number of carbonyl (C=O) groups is 1. The summed E-state index contributed by atoms with van der Waals surface area (Å²) in [6, 6.07) is 11.1. The summed E-state index contributed by atoms with van der Waals surface area (Å²) in [6.07, 6.45) is 1.74. The quantitative estimate of drug-likeness (QED) is 0.703. The molecule has 0 N–H and O–H groups in total. The van der Waals surface area contributed by atoms with E-state index in [-0.39, 0.29) is 5.91 Å². The molecule has 0 bridgehead atoms. The van der Waals surface area contributed by atoms with Gasteiger partial charge in [-0.25, -0.2) is 0 Å². The lowest BCUT2D eigenvalue weighted by Crippen LogP contribution is -1.86. The molecule has 0 saturated carbocycles. The van der Waals surface area contributed by atoms with Crippen molar-refractivity contribution in [2.75, 3.05) is 5.75 Å². The largest absolute Gasteiger partial charge is 0.457 e. The SMILES string of the molecule is CCSC1=NC(=O)/C(=C/c2ccc(-c3ccc(Cl)cc3)o2)S1. The molecule has 3 nitrogen and oxygen atoms in total. The zero-order chi connectivity index (χ0) is 15.5. The third kappa shape index (κ3) is 3.48. The van der Waals surface area contributed by atoms with Crippen molar-refractivity contribution in [3.63, 3.8) is 0 Å². The van der Waals surface area contributed by atoms with Crippen molar-refractivity contribution >= 4 is 51.5 Å². The number of halogens is 1. The number of hydrogen-bond acceptors (Lipinski definition) is 4. The smallest absolute Gasteiger partial charge is 0.285 e. The van der Waals surface area contributed by atoms with Crippen molar-refractivity contribution in [2.24, 2.45) is 4.99 Å². The lowest BCUT2D eigenvalue weighted by atomic mass is 10.2. The van der Waals surface area contributed by atoms with Crippen molar-refractivity contribution in [3.8, 4) is 11.3 Å². The van der Waals surface area contributed by atoms with E-state index in [9.17, 15) is 4.79 Å². The average Bonchev–Trinajstić information content (AvgIpc) is 3.08. The lowest BCUT2D eigenvalue weighted by Gasteiger charge is -1.97. The fraction of sp³-hybridized carbons (Fsp3) is 0.125. The Labute approximate surface area is 141 Å². The van der Waals surface area contributed by atoms with Gasteiger partial charge in [-0.15, -0.1) is 0 Å². The Morgan fingerprint density at radius 1 is 1.27 bits per heavy atom. The first-order valence-electron chi connectivity index (χ1n) is 6.67. The molecule has 0 atom stereocenters. The molecule has 0 fully saturated rings. The maximum Gasteiger partial charge on any atom is 0.285 e. The average molecular weight is 350 g/mol. The monoisotopic (exact) mass is 349 g/mol. The molecule has 1 amide bonds. The number of nitrogens with zero attached hydrogens (tertiary/aromatic N) is 1. The highest BCUT2D eigenvalue weighted by atomic mass is 35.5. The van der Waals surface area contributed by atoms with Crippen LogP contribution in [0.25, 0.3) is 17.4 Å². The normalized spacial score (nSPS) is 16.4. The molecular formula is C16H12ClNO2S2. The van der Waals surface area contributed by atoms with Gasteiger partial charge in [0.2, 0.25) is 0 Å². The summed E-state index contributed by atoms with van der Waals surface area (Å²) < 4.78 is 6.57. The summed E-state index contributed by atoms with van der Waals surface area (Å²) in [5.41, 5.74) is 0.943. The third-order valence-electron chi connectivity index (χ3n) is 2.90. The first kappa shape index (κ1) is 15.5. The number of amides is 1. The molecule has 2 heterocycles. The van der Waals surface area contributed by atoms with Crippen molar-refractivity contribution in [2.45, 2.75) is 6.92 Å². The number of thioether (sulfide) groups is 2. The van der Waals surface area contributed by atoms with E-state index < -0.39 is 0 Å². The van der Waals surface area contributed by atoms with Gasteiger partial charge in [-0.2, -0.15) is 4.99 Å². The summed E-state index contributed by atoms with van der Waals surface area (Å²) in [7, 11) is 0. The van der Waals surface area contributed by atoms with Crippen LogP contribution in [0.15, 0.2) is 50.7 Å². The maximum atomic E-state index is 11.8. The van der Waals surface area contributed by atoms with Crippen LogP contribution in [0.4, 0.5) is 0 Å². The van der Waals surface area contributed by atoms with Gasteiger partial charge >= 0.3 is 0 Å². The molecule has 0 radical (unpaired) electrons. The Hall–Kier alpha value is -1.43. The van der Waals surface area contributed by atoms with E-state index in [2.05, 4.69) is 4.99 Å².